The average Bonchev–Trinajstić information content (AvgIpc) is 3.66. The Morgan fingerprint density at radius 3 is 2.64 bits per heavy atom. The van der Waals surface area contributed by atoms with E-state index in [2.05, 4.69) is 25.3 Å². The van der Waals surface area contributed by atoms with Gasteiger partial charge in [-0.05, 0) is 56.9 Å². The van der Waals surface area contributed by atoms with E-state index in [9.17, 15) is 14.0 Å². The van der Waals surface area contributed by atoms with Crippen LogP contribution in [0.2, 0.25) is 0 Å². The van der Waals surface area contributed by atoms with Crippen LogP contribution in [0.5, 0.6) is 0 Å². The molecule has 1 amide bonds. The third-order valence-electron chi connectivity index (χ3n) is 7.99. The lowest BCUT2D eigenvalue weighted by Crippen LogP contribution is -2.46. The highest BCUT2D eigenvalue weighted by molar-refractivity contribution is 6.00. The molecule has 2 atom stereocenters. The summed E-state index contributed by atoms with van der Waals surface area (Å²) in [5.74, 6) is -0.318. The van der Waals surface area contributed by atoms with Crippen LogP contribution < -0.4 is 5.73 Å². The van der Waals surface area contributed by atoms with E-state index in [1.54, 1.807) is 18.5 Å². The number of halogens is 1. The predicted molar refractivity (Wildman–Crippen MR) is 139 cm³/mol. The number of nitrogen functional groups attached to an aromatic ring is 1. The number of rotatable bonds is 4. The van der Waals surface area contributed by atoms with Gasteiger partial charge in [0, 0.05) is 40.7 Å². The van der Waals surface area contributed by atoms with Gasteiger partial charge in [-0.15, -0.1) is 10.2 Å². The smallest absolute Gasteiger partial charge is 0.292 e. The van der Waals surface area contributed by atoms with Gasteiger partial charge in [-0.3, -0.25) is 14.6 Å². The number of aromatic nitrogens is 7. The standard InChI is InChI=1S/C27H24FN9O2/c1-13(38)22-23(15-8-18-3-4-19(9-15)36(18)27(39)25-31-12-32-35-25)34-26-20(11-33-37(26)24(22)29)16-6-14-7-17(28)2-5-21(14)30-10-16/h2,5-7,10-12,15,18-19H,3-4,8-9,29H2,1H3,(H,31,32,35). The number of ketones is 1. The summed E-state index contributed by atoms with van der Waals surface area (Å²) in [6.45, 7) is 1.48. The SMILES string of the molecule is CC(=O)c1c(C2CC3CCC(C2)N3C(=O)c2nnc[nH]2)nc2c(-c3cnc4ccc(F)cc4c3)cnn2c1N. The van der Waals surface area contributed by atoms with Crippen molar-refractivity contribution >= 4 is 34.1 Å². The summed E-state index contributed by atoms with van der Waals surface area (Å²) in [7, 11) is 0. The number of Topliss-reactive ketones (excluding diaryl/α,β-unsaturated/α-hetero) is 1. The molecule has 5 aromatic rings. The Morgan fingerprint density at radius 2 is 1.92 bits per heavy atom. The number of anilines is 1. The fourth-order valence-corrected chi connectivity index (χ4v) is 6.31. The van der Waals surface area contributed by atoms with Crippen molar-refractivity contribution in [3.8, 4) is 11.1 Å². The number of aromatic amines is 1. The molecular formula is C27H24FN9O2. The number of piperidine rings is 1. The van der Waals surface area contributed by atoms with E-state index in [0.717, 1.165) is 12.8 Å². The second-order valence-electron chi connectivity index (χ2n) is 10.3. The Bertz CT molecular complexity index is 1770. The van der Waals surface area contributed by atoms with Crippen LogP contribution in [0, 0.1) is 5.82 Å². The Labute approximate surface area is 221 Å². The normalized spacial score (nSPS) is 20.7. The predicted octanol–water partition coefficient (Wildman–Crippen LogP) is 3.54. The lowest BCUT2D eigenvalue weighted by atomic mass is 9.85. The highest BCUT2D eigenvalue weighted by atomic mass is 19.1. The zero-order chi connectivity index (χ0) is 26.8. The molecule has 0 saturated carbocycles. The summed E-state index contributed by atoms with van der Waals surface area (Å²) in [6, 6.07) is 6.27. The molecule has 6 heterocycles. The molecule has 2 saturated heterocycles. The van der Waals surface area contributed by atoms with Gasteiger partial charge in [-0.25, -0.2) is 9.37 Å². The molecule has 196 valence electrons. The van der Waals surface area contributed by atoms with E-state index in [1.807, 2.05) is 11.0 Å². The summed E-state index contributed by atoms with van der Waals surface area (Å²) in [4.78, 5) is 40.1. The quantitative estimate of drug-likeness (QED) is 0.339. The number of nitrogens with two attached hydrogens (primary N) is 1. The van der Waals surface area contributed by atoms with Crippen molar-refractivity contribution in [3.05, 3.63) is 65.9 Å². The van der Waals surface area contributed by atoms with Gasteiger partial charge in [-0.2, -0.15) is 9.61 Å². The van der Waals surface area contributed by atoms with Crippen molar-refractivity contribution < 1.29 is 14.0 Å². The highest BCUT2D eigenvalue weighted by Crippen LogP contribution is 2.45. The van der Waals surface area contributed by atoms with E-state index in [-0.39, 0.29) is 47.2 Å². The van der Waals surface area contributed by atoms with Gasteiger partial charge < -0.3 is 15.6 Å². The fraction of sp³-hybridized carbons (Fsp3) is 0.296. The molecule has 1 aromatic carbocycles. The molecule has 0 spiro atoms. The van der Waals surface area contributed by atoms with E-state index in [4.69, 9.17) is 10.7 Å². The molecule has 2 aliphatic heterocycles. The lowest BCUT2D eigenvalue weighted by molar-refractivity contribution is 0.0556. The van der Waals surface area contributed by atoms with Crippen LogP contribution in [0.25, 0.3) is 27.7 Å². The van der Waals surface area contributed by atoms with Gasteiger partial charge in [0.05, 0.1) is 23.0 Å². The number of H-pyrrole nitrogens is 1. The topological polar surface area (TPSA) is 148 Å². The third kappa shape index (κ3) is 3.66. The molecular weight excluding hydrogens is 501 g/mol. The number of benzene rings is 1. The summed E-state index contributed by atoms with van der Waals surface area (Å²) in [5.41, 5.74) is 10.1. The maximum absolute atomic E-state index is 13.9. The molecule has 3 N–H and O–H groups in total. The number of hydrogen-bond donors (Lipinski definition) is 2. The molecule has 39 heavy (non-hydrogen) atoms. The van der Waals surface area contributed by atoms with Crippen LogP contribution in [0.4, 0.5) is 10.2 Å². The van der Waals surface area contributed by atoms with Crippen LogP contribution in [0.3, 0.4) is 0 Å². The van der Waals surface area contributed by atoms with Gasteiger partial charge in [0.2, 0.25) is 5.82 Å². The number of nitrogens with zero attached hydrogens (tertiary/aromatic N) is 7. The van der Waals surface area contributed by atoms with Crippen molar-refractivity contribution in [2.45, 2.75) is 50.6 Å². The summed E-state index contributed by atoms with van der Waals surface area (Å²) in [5, 5.41) is 12.7. The minimum Gasteiger partial charge on any atom is -0.383 e. The van der Waals surface area contributed by atoms with Crippen molar-refractivity contribution in [1.29, 1.82) is 0 Å². The molecule has 11 nitrogen and oxygen atoms in total. The first-order valence-electron chi connectivity index (χ1n) is 12.8. The molecule has 12 heteroatoms. The molecule has 7 rings (SSSR count). The number of fused-ring (bicyclic) bond motifs is 4. The summed E-state index contributed by atoms with van der Waals surface area (Å²) in [6.07, 6.45) is 7.77. The zero-order valence-electron chi connectivity index (χ0n) is 21.0. The van der Waals surface area contributed by atoms with Crippen LogP contribution in [0.15, 0.2) is 43.0 Å². The molecule has 2 aliphatic rings. The lowest BCUT2D eigenvalue weighted by Gasteiger charge is -2.38. The number of amides is 1. The number of carbonyl (C=O) groups excluding carboxylic acids is 2. The van der Waals surface area contributed by atoms with Crippen molar-refractivity contribution in [2.75, 3.05) is 5.73 Å². The molecule has 0 radical (unpaired) electrons. The van der Waals surface area contributed by atoms with E-state index >= 15 is 0 Å². The summed E-state index contributed by atoms with van der Waals surface area (Å²) >= 11 is 0. The average molecular weight is 526 g/mol. The molecule has 2 unspecified atom stereocenters. The molecule has 2 fully saturated rings. The molecule has 0 aliphatic carbocycles. The minimum absolute atomic E-state index is 0.00521. The second kappa shape index (κ2) is 8.65. The van der Waals surface area contributed by atoms with Crippen molar-refractivity contribution in [3.63, 3.8) is 0 Å². The van der Waals surface area contributed by atoms with Crippen LogP contribution >= 0.6 is 0 Å². The van der Waals surface area contributed by atoms with Crippen LogP contribution in [0.1, 0.15) is 65.2 Å². The minimum atomic E-state index is -0.347. The first-order valence-corrected chi connectivity index (χ1v) is 12.8. The first kappa shape index (κ1) is 23.4. The Kier molecular flexibility index (Phi) is 5.19. The largest absolute Gasteiger partial charge is 0.383 e. The number of nitrogens with one attached hydrogen (secondary N) is 1. The van der Waals surface area contributed by atoms with Gasteiger partial charge in [-0.1, -0.05) is 0 Å². The van der Waals surface area contributed by atoms with E-state index in [1.165, 1.54) is 29.9 Å². The van der Waals surface area contributed by atoms with Crippen molar-refractivity contribution in [2.24, 2.45) is 0 Å². The maximum atomic E-state index is 13.9. The molecule has 2 bridgehead atoms. The van der Waals surface area contributed by atoms with Crippen molar-refractivity contribution in [1.82, 2.24) is 39.7 Å². The van der Waals surface area contributed by atoms with E-state index < -0.39 is 0 Å². The van der Waals surface area contributed by atoms with Gasteiger partial charge >= 0.3 is 0 Å². The van der Waals surface area contributed by atoms with Crippen LogP contribution in [-0.2, 0) is 0 Å². The Morgan fingerprint density at radius 1 is 1.13 bits per heavy atom. The first-order chi connectivity index (χ1) is 18.9. The second-order valence-corrected chi connectivity index (χ2v) is 10.3. The van der Waals surface area contributed by atoms with Crippen LogP contribution in [-0.4, -0.2) is 63.4 Å². The zero-order valence-corrected chi connectivity index (χ0v) is 21.0. The fourth-order valence-electron chi connectivity index (χ4n) is 6.31. The number of pyridine rings is 1. The number of hydrogen-bond acceptors (Lipinski definition) is 8. The highest BCUT2D eigenvalue weighted by Gasteiger charge is 2.45. The monoisotopic (exact) mass is 525 g/mol. The maximum Gasteiger partial charge on any atom is 0.292 e. The number of carbonyl (C=O) groups is 2. The third-order valence-corrected chi connectivity index (χ3v) is 7.99. The van der Waals surface area contributed by atoms with Gasteiger partial charge in [0.1, 0.15) is 18.0 Å². The molecule has 4 aromatic heterocycles. The summed E-state index contributed by atoms with van der Waals surface area (Å²) < 4.78 is 15.4. The van der Waals surface area contributed by atoms with Gasteiger partial charge in [0.25, 0.3) is 5.91 Å². The van der Waals surface area contributed by atoms with E-state index in [0.29, 0.717) is 51.8 Å². The Hall–Kier alpha value is -4.74. The van der Waals surface area contributed by atoms with Gasteiger partial charge in [0.15, 0.2) is 11.4 Å². The Balaban J connectivity index is 1.31.